The zero-order valence-electron chi connectivity index (χ0n) is 13.3. The number of rotatable bonds is 0. The Morgan fingerprint density at radius 3 is 2.30 bits per heavy atom. The third-order valence-electron chi connectivity index (χ3n) is 3.68. The molecule has 2 aliphatic carbocycles. The quantitative estimate of drug-likeness (QED) is 0.409. The molecule has 0 fully saturated rings. The molecule has 2 aromatic rings. The molecular weight excluding hydrogens is 402 g/mol. The van der Waals surface area contributed by atoms with Crippen molar-refractivity contribution in [1.29, 1.82) is 0 Å². The van der Waals surface area contributed by atoms with E-state index < -0.39 is 0 Å². The predicted molar refractivity (Wildman–Crippen MR) is 84.6 cm³/mol. The number of fused-ring (bicyclic) bond motifs is 3. The van der Waals surface area contributed by atoms with E-state index >= 15 is 0 Å². The molecule has 0 N–H and O–H groups in total. The summed E-state index contributed by atoms with van der Waals surface area (Å²) in [6, 6.07) is 14.5. The predicted octanol–water partition coefficient (Wildman–Crippen LogP) is -1.01. The minimum atomic E-state index is 0. The summed E-state index contributed by atoms with van der Waals surface area (Å²) < 4.78 is 0. The van der Waals surface area contributed by atoms with Gasteiger partial charge in [-0.3, -0.25) is 6.08 Å². The van der Waals surface area contributed by atoms with E-state index in [1.54, 1.807) is 0 Å². The molecule has 116 valence electrons. The largest absolute Gasteiger partial charge is 4.00 e. The van der Waals surface area contributed by atoms with Crippen LogP contribution in [0.25, 0.3) is 11.1 Å². The number of allylic oxidation sites excluding steroid dienone is 4. The van der Waals surface area contributed by atoms with Crippen molar-refractivity contribution >= 4 is 0 Å². The van der Waals surface area contributed by atoms with Gasteiger partial charge in [0.05, 0.1) is 0 Å². The van der Waals surface area contributed by atoms with E-state index in [1.807, 2.05) is 12.2 Å². The summed E-state index contributed by atoms with van der Waals surface area (Å²) >= 11 is 0. The van der Waals surface area contributed by atoms with Crippen LogP contribution in [0.15, 0.2) is 48.6 Å². The first-order chi connectivity index (χ1) is 9.74. The van der Waals surface area contributed by atoms with E-state index in [4.69, 9.17) is 0 Å². The van der Waals surface area contributed by atoms with Crippen LogP contribution in [0.1, 0.15) is 28.7 Å². The Morgan fingerprint density at radius 1 is 0.957 bits per heavy atom. The van der Waals surface area contributed by atoms with Gasteiger partial charge >= 0.3 is 26.2 Å². The summed E-state index contributed by atoms with van der Waals surface area (Å²) in [5.74, 6) is 0. The summed E-state index contributed by atoms with van der Waals surface area (Å²) in [7, 11) is 0. The Kier molecular flexibility index (Phi) is 10.0. The first-order valence-corrected chi connectivity index (χ1v) is 7.07. The zero-order valence-corrected chi connectivity index (χ0v) is 17.3. The summed E-state index contributed by atoms with van der Waals surface area (Å²) in [4.78, 5) is 0. The summed E-state index contributed by atoms with van der Waals surface area (Å²) in [5.41, 5.74) is 8.15. The second-order valence-corrected chi connectivity index (χ2v) is 5.37. The van der Waals surface area contributed by atoms with Crippen molar-refractivity contribution in [3.8, 4) is 11.1 Å². The van der Waals surface area contributed by atoms with E-state index in [0.29, 0.717) is 0 Å². The van der Waals surface area contributed by atoms with Gasteiger partial charge in [-0.25, -0.2) is 12.2 Å². The van der Waals surface area contributed by atoms with E-state index in [-0.39, 0.29) is 51.0 Å². The van der Waals surface area contributed by atoms with Crippen LogP contribution in [0, 0.1) is 26.0 Å². The SMILES string of the molecule is Cc1[c-]c2c(cc1)-c1ccc(C)cc1C2.[C-]1=CC=CC1.[Cl-].[Cl-].[Zr+4]. The molecule has 0 heterocycles. The molecule has 0 aliphatic heterocycles. The van der Waals surface area contributed by atoms with Gasteiger partial charge in [0.1, 0.15) is 0 Å². The fraction of sp³-hybridized carbons (Fsp3) is 0.200. The number of hydrogen-bond acceptors (Lipinski definition) is 0. The first kappa shape index (κ1) is 22.4. The molecule has 0 unspecified atom stereocenters. The van der Waals surface area contributed by atoms with Crippen molar-refractivity contribution in [2.24, 2.45) is 0 Å². The monoisotopic (exact) mass is 418 g/mol. The van der Waals surface area contributed by atoms with Crippen molar-refractivity contribution in [2.75, 3.05) is 0 Å². The second-order valence-electron chi connectivity index (χ2n) is 5.37. The molecule has 2 aromatic carbocycles. The fourth-order valence-electron chi connectivity index (χ4n) is 2.71. The Morgan fingerprint density at radius 2 is 1.70 bits per heavy atom. The average Bonchev–Trinajstić information content (AvgIpc) is 3.08. The Labute approximate surface area is 171 Å². The number of benzene rings is 2. The van der Waals surface area contributed by atoms with Crippen molar-refractivity contribution in [2.45, 2.75) is 26.7 Å². The van der Waals surface area contributed by atoms with Gasteiger partial charge in [0.2, 0.25) is 0 Å². The second kappa shape index (κ2) is 10.3. The summed E-state index contributed by atoms with van der Waals surface area (Å²) in [6.07, 6.45) is 11.0. The third-order valence-corrected chi connectivity index (χ3v) is 3.68. The van der Waals surface area contributed by atoms with Crippen molar-refractivity contribution in [3.05, 3.63) is 83.0 Å². The van der Waals surface area contributed by atoms with Crippen LogP contribution >= 0.6 is 0 Å². The minimum Gasteiger partial charge on any atom is -1.00 e. The van der Waals surface area contributed by atoms with Gasteiger partial charge < -0.3 is 24.8 Å². The molecule has 0 radical (unpaired) electrons. The van der Waals surface area contributed by atoms with E-state index in [1.165, 1.54) is 33.4 Å². The van der Waals surface area contributed by atoms with Crippen molar-refractivity contribution in [3.63, 3.8) is 0 Å². The summed E-state index contributed by atoms with van der Waals surface area (Å²) in [5, 5.41) is 0. The van der Waals surface area contributed by atoms with Crippen LogP contribution < -0.4 is 24.8 Å². The minimum absolute atomic E-state index is 0. The Hall–Kier alpha value is -0.617. The van der Waals surface area contributed by atoms with Gasteiger partial charge in [0.25, 0.3) is 0 Å². The molecule has 0 bridgehead atoms. The van der Waals surface area contributed by atoms with Gasteiger partial charge in [-0.1, -0.05) is 36.2 Å². The molecular formula is C20H18Cl2Zr. The van der Waals surface area contributed by atoms with Crippen LogP contribution in [0.3, 0.4) is 0 Å². The molecule has 0 atom stereocenters. The van der Waals surface area contributed by atoms with Crippen LogP contribution in [-0.4, -0.2) is 0 Å². The maximum atomic E-state index is 3.45. The molecule has 0 saturated heterocycles. The Balaban J connectivity index is 0.000000529. The Bertz CT molecular complexity index is 643. The maximum Gasteiger partial charge on any atom is 4.00 e. The normalized spacial score (nSPS) is 11.9. The van der Waals surface area contributed by atoms with Crippen molar-refractivity contribution in [1.82, 2.24) is 0 Å². The molecule has 0 saturated carbocycles. The van der Waals surface area contributed by atoms with Crippen molar-refractivity contribution < 1.29 is 51.0 Å². The molecule has 0 nitrogen and oxygen atoms in total. The molecule has 2 aliphatic rings. The maximum absolute atomic E-state index is 3.45. The van der Waals surface area contributed by atoms with E-state index in [9.17, 15) is 0 Å². The molecule has 0 amide bonds. The zero-order chi connectivity index (χ0) is 13.9. The van der Waals surface area contributed by atoms with Crippen LogP contribution in [0.4, 0.5) is 0 Å². The van der Waals surface area contributed by atoms with Gasteiger partial charge in [-0.2, -0.15) is 29.8 Å². The van der Waals surface area contributed by atoms with Crippen LogP contribution in [0.2, 0.25) is 0 Å². The van der Waals surface area contributed by atoms with Gasteiger partial charge in [-0.05, 0) is 18.9 Å². The third kappa shape index (κ3) is 5.45. The average molecular weight is 420 g/mol. The molecule has 0 spiro atoms. The first-order valence-electron chi connectivity index (χ1n) is 7.07. The van der Waals surface area contributed by atoms with Crippen LogP contribution in [-0.2, 0) is 32.6 Å². The number of aryl methyl sites for hydroxylation is 2. The fourth-order valence-corrected chi connectivity index (χ4v) is 2.71. The molecule has 3 heteroatoms. The van der Waals surface area contributed by atoms with Crippen LogP contribution in [0.5, 0.6) is 0 Å². The van der Waals surface area contributed by atoms with E-state index in [2.05, 4.69) is 62.4 Å². The van der Waals surface area contributed by atoms with Gasteiger partial charge in [0, 0.05) is 0 Å². The molecule has 0 aromatic heterocycles. The number of hydrogen-bond donors (Lipinski definition) is 0. The summed E-state index contributed by atoms with van der Waals surface area (Å²) in [6.45, 7) is 4.26. The topological polar surface area (TPSA) is 0 Å². The van der Waals surface area contributed by atoms with Gasteiger partial charge in [0.15, 0.2) is 0 Å². The molecule has 23 heavy (non-hydrogen) atoms. The molecule has 4 rings (SSSR count). The standard InChI is InChI=1S/C15H13.C5H5.2ClH.Zr/c1-10-3-5-14-12(7-10)9-13-8-11(2)4-6-15(13)14;1-2-4-5-3-1;;;/h3-7H,9H2,1-2H3;1-3H,4H2;2*1H;/q2*-1;;;+4/p-2. The number of halogens is 2. The van der Waals surface area contributed by atoms with Gasteiger partial charge in [-0.15, -0.1) is 17.5 Å². The van der Waals surface area contributed by atoms with E-state index in [0.717, 1.165) is 12.8 Å². The smallest absolute Gasteiger partial charge is 1.00 e.